The summed E-state index contributed by atoms with van der Waals surface area (Å²) in [5.74, 6) is -0.514. The van der Waals surface area contributed by atoms with Crippen molar-refractivity contribution in [3.05, 3.63) is 11.9 Å². The number of hydrogen-bond acceptors (Lipinski definition) is 3. The first-order valence-corrected chi connectivity index (χ1v) is 4.57. The van der Waals surface area contributed by atoms with E-state index in [1.54, 1.807) is 10.9 Å². The number of carbonyl (C=O) groups is 1. The van der Waals surface area contributed by atoms with Gasteiger partial charge in [0.1, 0.15) is 0 Å². The van der Waals surface area contributed by atoms with Crippen molar-refractivity contribution in [1.82, 2.24) is 9.78 Å². The van der Waals surface area contributed by atoms with Gasteiger partial charge in [-0.05, 0) is 12.3 Å². The van der Waals surface area contributed by atoms with E-state index in [2.05, 4.69) is 18.9 Å². The van der Waals surface area contributed by atoms with E-state index in [0.717, 1.165) is 6.42 Å². The number of nitrogens with zero attached hydrogens (tertiary/aromatic N) is 2. The number of carboxylic acids is 1. The van der Waals surface area contributed by atoms with Crippen molar-refractivity contribution in [2.24, 2.45) is 5.92 Å². The lowest BCUT2D eigenvalue weighted by Crippen LogP contribution is -2.05. The Balaban J connectivity index is 2.71. The molecule has 3 N–H and O–H groups in total. The number of hydrogen-bond donors (Lipinski definition) is 2. The number of nitrogens with two attached hydrogens (primary N) is 1. The van der Waals surface area contributed by atoms with Crippen LogP contribution in [0.3, 0.4) is 0 Å². The molecule has 0 saturated heterocycles. The van der Waals surface area contributed by atoms with Gasteiger partial charge in [0.2, 0.25) is 0 Å². The van der Waals surface area contributed by atoms with Crippen LogP contribution in [0.4, 0.5) is 5.69 Å². The molecule has 14 heavy (non-hydrogen) atoms. The first kappa shape index (κ1) is 10.6. The first-order valence-electron chi connectivity index (χ1n) is 4.57. The van der Waals surface area contributed by atoms with Crippen LogP contribution in [0.25, 0.3) is 0 Å². The molecule has 0 aliphatic carbocycles. The van der Waals surface area contributed by atoms with Crippen molar-refractivity contribution in [2.45, 2.75) is 26.8 Å². The molecule has 1 aromatic heterocycles. The Morgan fingerprint density at radius 1 is 1.71 bits per heavy atom. The highest BCUT2D eigenvalue weighted by molar-refractivity contribution is 5.91. The summed E-state index contributed by atoms with van der Waals surface area (Å²) in [5, 5.41) is 12.6. The van der Waals surface area contributed by atoms with Gasteiger partial charge in [-0.3, -0.25) is 4.68 Å². The fourth-order valence-corrected chi connectivity index (χ4v) is 1.11. The van der Waals surface area contributed by atoms with Crippen molar-refractivity contribution in [1.29, 1.82) is 0 Å². The van der Waals surface area contributed by atoms with E-state index in [4.69, 9.17) is 10.8 Å². The van der Waals surface area contributed by atoms with Crippen molar-refractivity contribution in [2.75, 3.05) is 5.73 Å². The Morgan fingerprint density at radius 2 is 2.36 bits per heavy atom. The molecule has 1 heterocycles. The number of rotatable bonds is 4. The van der Waals surface area contributed by atoms with Crippen LogP contribution in [0.2, 0.25) is 0 Å². The normalized spacial score (nSPS) is 10.8. The maximum absolute atomic E-state index is 10.6. The second kappa shape index (κ2) is 4.13. The number of aromatic nitrogens is 2. The average molecular weight is 197 g/mol. The lowest BCUT2D eigenvalue weighted by atomic mass is 10.1. The molecule has 5 heteroatoms. The monoisotopic (exact) mass is 197 g/mol. The molecule has 1 rings (SSSR count). The van der Waals surface area contributed by atoms with Gasteiger partial charge in [0.15, 0.2) is 5.69 Å². The summed E-state index contributed by atoms with van der Waals surface area (Å²) in [4.78, 5) is 10.6. The number of aryl methyl sites for hydroxylation is 1. The SMILES string of the molecule is CC(C)CCn1cc(N)c(C(=O)O)n1. The summed E-state index contributed by atoms with van der Waals surface area (Å²) < 4.78 is 1.58. The summed E-state index contributed by atoms with van der Waals surface area (Å²) in [6.45, 7) is 4.91. The molecule has 5 nitrogen and oxygen atoms in total. The summed E-state index contributed by atoms with van der Waals surface area (Å²) in [5.41, 5.74) is 5.65. The summed E-state index contributed by atoms with van der Waals surface area (Å²) in [6, 6.07) is 0. The standard InChI is InChI=1S/C9H15N3O2/c1-6(2)3-4-12-5-7(10)8(11-12)9(13)14/h5-6H,3-4,10H2,1-2H3,(H,13,14). The number of carboxylic acid groups (broad SMARTS) is 1. The molecule has 0 fully saturated rings. The topological polar surface area (TPSA) is 81.1 Å². The molecule has 1 aromatic rings. The van der Waals surface area contributed by atoms with Gasteiger partial charge in [-0.2, -0.15) is 5.10 Å². The second-order valence-corrected chi connectivity index (χ2v) is 3.68. The van der Waals surface area contributed by atoms with Crippen LogP contribution in [-0.2, 0) is 6.54 Å². The summed E-state index contributed by atoms with van der Waals surface area (Å²) >= 11 is 0. The predicted molar refractivity (Wildman–Crippen MR) is 53.1 cm³/mol. The van der Waals surface area contributed by atoms with Gasteiger partial charge in [0.05, 0.1) is 5.69 Å². The average Bonchev–Trinajstić information content (AvgIpc) is 2.43. The van der Waals surface area contributed by atoms with Crippen LogP contribution in [0, 0.1) is 5.92 Å². The summed E-state index contributed by atoms with van der Waals surface area (Å²) in [7, 11) is 0. The van der Waals surface area contributed by atoms with Crippen LogP contribution in [0.15, 0.2) is 6.20 Å². The molecule has 0 aliphatic heterocycles. The fourth-order valence-electron chi connectivity index (χ4n) is 1.11. The smallest absolute Gasteiger partial charge is 0.358 e. The van der Waals surface area contributed by atoms with Crippen LogP contribution < -0.4 is 5.73 Å². The Labute approximate surface area is 82.5 Å². The van der Waals surface area contributed by atoms with E-state index in [1.807, 2.05) is 0 Å². The minimum Gasteiger partial charge on any atom is -0.476 e. The van der Waals surface area contributed by atoms with Gasteiger partial charge in [-0.1, -0.05) is 13.8 Å². The minimum atomic E-state index is -1.08. The quantitative estimate of drug-likeness (QED) is 0.760. The maximum Gasteiger partial charge on any atom is 0.358 e. The molecular formula is C9H15N3O2. The molecule has 0 radical (unpaired) electrons. The minimum absolute atomic E-state index is 0.0613. The van der Waals surface area contributed by atoms with Crippen molar-refractivity contribution < 1.29 is 9.90 Å². The predicted octanol–water partition coefficient (Wildman–Crippen LogP) is 1.21. The van der Waals surface area contributed by atoms with E-state index in [-0.39, 0.29) is 11.4 Å². The van der Waals surface area contributed by atoms with Gasteiger partial charge >= 0.3 is 5.97 Å². The van der Waals surface area contributed by atoms with Crippen molar-refractivity contribution >= 4 is 11.7 Å². The number of anilines is 1. The Bertz CT molecular complexity index is 331. The third-order valence-corrected chi connectivity index (χ3v) is 1.93. The van der Waals surface area contributed by atoms with Crippen molar-refractivity contribution in [3.63, 3.8) is 0 Å². The molecule has 0 atom stereocenters. The maximum atomic E-state index is 10.6. The molecule has 78 valence electrons. The Kier molecular flexibility index (Phi) is 3.11. The Morgan fingerprint density at radius 3 is 2.79 bits per heavy atom. The fraction of sp³-hybridized carbons (Fsp3) is 0.556. The third-order valence-electron chi connectivity index (χ3n) is 1.93. The van der Waals surface area contributed by atoms with Crippen LogP contribution in [0.1, 0.15) is 30.8 Å². The Hall–Kier alpha value is -1.52. The first-order chi connectivity index (χ1) is 6.50. The van der Waals surface area contributed by atoms with E-state index in [9.17, 15) is 4.79 Å². The van der Waals surface area contributed by atoms with E-state index >= 15 is 0 Å². The number of nitrogen functional groups attached to an aromatic ring is 1. The van der Waals surface area contributed by atoms with E-state index in [1.165, 1.54) is 0 Å². The number of aromatic carboxylic acids is 1. The van der Waals surface area contributed by atoms with Gasteiger partial charge < -0.3 is 10.8 Å². The summed E-state index contributed by atoms with van der Waals surface area (Å²) in [6.07, 6.45) is 2.52. The van der Waals surface area contributed by atoms with Crippen molar-refractivity contribution in [3.8, 4) is 0 Å². The molecule has 0 unspecified atom stereocenters. The molecular weight excluding hydrogens is 182 g/mol. The zero-order chi connectivity index (χ0) is 10.7. The van der Waals surface area contributed by atoms with E-state index < -0.39 is 5.97 Å². The molecule has 0 aliphatic rings. The van der Waals surface area contributed by atoms with Gasteiger partial charge in [-0.15, -0.1) is 0 Å². The largest absolute Gasteiger partial charge is 0.476 e. The molecule has 0 bridgehead atoms. The molecule has 0 amide bonds. The van der Waals surface area contributed by atoms with Gasteiger partial charge in [0.25, 0.3) is 0 Å². The van der Waals surface area contributed by atoms with Gasteiger partial charge in [-0.25, -0.2) is 4.79 Å². The second-order valence-electron chi connectivity index (χ2n) is 3.68. The lowest BCUT2D eigenvalue weighted by Gasteiger charge is -2.03. The van der Waals surface area contributed by atoms with Crippen LogP contribution >= 0.6 is 0 Å². The highest BCUT2D eigenvalue weighted by Crippen LogP contribution is 2.10. The van der Waals surface area contributed by atoms with E-state index in [0.29, 0.717) is 12.5 Å². The molecule has 0 aromatic carbocycles. The molecule has 0 spiro atoms. The lowest BCUT2D eigenvalue weighted by molar-refractivity contribution is 0.0690. The highest BCUT2D eigenvalue weighted by Gasteiger charge is 2.12. The highest BCUT2D eigenvalue weighted by atomic mass is 16.4. The van der Waals surface area contributed by atoms with Gasteiger partial charge in [0, 0.05) is 12.7 Å². The van der Waals surface area contributed by atoms with Crippen LogP contribution in [-0.4, -0.2) is 20.9 Å². The zero-order valence-electron chi connectivity index (χ0n) is 8.40. The third kappa shape index (κ3) is 2.48. The zero-order valence-corrected chi connectivity index (χ0v) is 8.40. The van der Waals surface area contributed by atoms with Crippen LogP contribution in [0.5, 0.6) is 0 Å². The molecule has 0 saturated carbocycles.